The summed E-state index contributed by atoms with van der Waals surface area (Å²) in [5.41, 5.74) is 6.08. The van der Waals surface area contributed by atoms with E-state index in [9.17, 15) is 8.42 Å². The maximum Gasteiger partial charge on any atom is 0.147 e. The normalized spacial score (nSPS) is 30.4. The average Bonchev–Trinajstić information content (AvgIpc) is 2.25. The lowest BCUT2D eigenvalue weighted by Crippen LogP contribution is -2.44. The molecule has 0 bridgehead atoms. The summed E-state index contributed by atoms with van der Waals surface area (Å²) in [6, 6.07) is 0. The van der Waals surface area contributed by atoms with E-state index < -0.39 is 9.84 Å². The first kappa shape index (κ1) is 15.0. The maximum absolute atomic E-state index is 11.2. The zero-order valence-corrected chi connectivity index (χ0v) is 12.1. The molecule has 0 amide bonds. The summed E-state index contributed by atoms with van der Waals surface area (Å²) in [4.78, 5) is 0. The minimum Gasteiger partial charge on any atom is -0.325 e. The molecule has 3 nitrogen and oxygen atoms in total. The Bertz CT molecular complexity index is 316. The van der Waals surface area contributed by atoms with Crippen molar-refractivity contribution in [3.8, 4) is 0 Å². The van der Waals surface area contributed by atoms with E-state index in [1.54, 1.807) is 0 Å². The van der Waals surface area contributed by atoms with Crippen LogP contribution in [-0.2, 0) is 9.84 Å². The van der Waals surface area contributed by atoms with E-state index in [-0.39, 0.29) is 11.3 Å². The Kier molecular flexibility index (Phi) is 5.45. The minimum absolute atomic E-state index is 0.216. The van der Waals surface area contributed by atoms with Gasteiger partial charge < -0.3 is 5.73 Å². The number of nitrogens with two attached hydrogens (primary N) is 1. The third-order valence-corrected chi connectivity index (χ3v) is 4.98. The summed E-state index contributed by atoms with van der Waals surface area (Å²) < 4.78 is 22.3. The molecule has 0 aliphatic heterocycles. The summed E-state index contributed by atoms with van der Waals surface area (Å²) in [6.45, 7) is 2.22. The first-order valence-corrected chi connectivity index (χ1v) is 8.87. The fourth-order valence-corrected chi connectivity index (χ4v) is 3.45. The highest BCUT2D eigenvalue weighted by molar-refractivity contribution is 7.90. The fourth-order valence-electron chi connectivity index (χ4n) is 2.67. The van der Waals surface area contributed by atoms with Gasteiger partial charge in [-0.25, -0.2) is 8.42 Å². The highest BCUT2D eigenvalue weighted by Gasteiger charge is 2.31. The van der Waals surface area contributed by atoms with Crippen molar-refractivity contribution in [2.24, 2.45) is 11.7 Å². The number of sulfone groups is 1. The van der Waals surface area contributed by atoms with Crippen LogP contribution in [0.25, 0.3) is 0 Å². The molecule has 0 atom stereocenters. The summed E-state index contributed by atoms with van der Waals surface area (Å²) in [5, 5.41) is 0. The monoisotopic (exact) mass is 261 g/mol. The second-order valence-corrected chi connectivity index (χ2v) is 8.09. The smallest absolute Gasteiger partial charge is 0.147 e. The number of hydrogen-bond donors (Lipinski definition) is 1. The molecule has 0 radical (unpaired) electrons. The number of rotatable bonds is 6. The van der Waals surface area contributed by atoms with Gasteiger partial charge in [-0.3, -0.25) is 0 Å². The lowest BCUT2D eigenvalue weighted by molar-refractivity contribution is 0.218. The summed E-state index contributed by atoms with van der Waals surface area (Å²) in [7, 11) is -2.87. The highest BCUT2D eigenvalue weighted by atomic mass is 32.2. The summed E-state index contributed by atoms with van der Waals surface area (Å²) in [6.07, 6.45) is 10.2. The van der Waals surface area contributed by atoms with E-state index in [1.807, 2.05) is 0 Å². The van der Waals surface area contributed by atoms with Gasteiger partial charge in [-0.05, 0) is 38.0 Å². The van der Waals surface area contributed by atoms with Gasteiger partial charge in [0, 0.05) is 11.8 Å². The van der Waals surface area contributed by atoms with Crippen molar-refractivity contribution < 1.29 is 8.42 Å². The Hall–Kier alpha value is -0.0900. The molecule has 1 rings (SSSR count). The van der Waals surface area contributed by atoms with E-state index in [1.165, 1.54) is 38.4 Å². The molecule has 0 unspecified atom stereocenters. The molecule has 4 heteroatoms. The molecule has 0 aromatic rings. The lowest BCUT2D eigenvalue weighted by atomic mass is 9.74. The maximum atomic E-state index is 11.2. The van der Waals surface area contributed by atoms with Crippen molar-refractivity contribution in [2.75, 3.05) is 12.0 Å². The molecule has 1 aliphatic carbocycles. The van der Waals surface area contributed by atoms with Crippen LogP contribution in [0.2, 0.25) is 0 Å². The first-order chi connectivity index (χ1) is 7.85. The third-order valence-electron chi connectivity index (χ3n) is 4.04. The molecule has 102 valence electrons. The molecule has 2 N–H and O–H groups in total. The molecule has 0 aromatic heterocycles. The largest absolute Gasteiger partial charge is 0.325 e. The Labute approximate surface area is 106 Å². The zero-order chi connectivity index (χ0) is 12.9. The summed E-state index contributed by atoms with van der Waals surface area (Å²) in [5.74, 6) is 1.06. The molecular formula is C13H27NO2S. The molecule has 0 spiro atoms. The third kappa shape index (κ3) is 5.87. The van der Waals surface area contributed by atoms with Crippen LogP contribution >= 0.6 is 0 Å². The molecule has 0 heterocycles. The van der Waals surface area contributed by atoms with E-state index in [0.717, 1.165) is 18.8 Å². The van der Waals surface area contributed by atoms with Gasteiger partial charge >= 0.3 is 0 Å². The molecule has 1 aliphatic rings. The molecule has 1 fully saturated rings. The Morgan fingerprint density at radius 2 is 1.88 bits per heavy atom. The molecule has 0 aromatic carbocycles. The molecule has 17 heavy (non-hydrogen) atoms. The first-order valence-electron chi connectivity index (χ1n) is 6.81. The van der Waals surface area contributed by atoms with Gasteiger partial charge in [0.25, 0.3) is 0 Å². The van der Waals surface area contributed by atoms with Crippen LogP contribution in [0.15, 0.2) is 0 Å². The zero-order valence-electron chi connectivity index (χ0n) is 11.2. The number of hydrogen-bond acceptors (Lipinski definition) is 3. The van der Waals surface area contributed by atoms with Crippen molar-refractivity contribution in [3.05, 3.63) is 0 Å². The number of unbranched alkanes of at least 4 members (excludes halogenated alkanes) is 1. The minimum atomic E-state index is -2.87. The van der Waals surface area contributed by atoms with Crippen LogP contribution in [0.1, 0.15) is 58.3 Å². The van der Waals surface area contributed by atoms with Gasteiger partial charge in [0.2, 0.25) is 0 Å². The van der Waals surface area contributed by atoms with Crippen molar-refractivity contribution >= 4 is 9.84 Å². The summed E-state index contributed by atoms with van der Waals surface area (Å²) >= 11 is 0. The lowest BCUT2D eigenvalue weighted by Gasteiger charge is -2.37. The predicted molar refractivity (Wildman–Crippen MR) is 72.7 cm³/mol. The Balaban J connectivity index is 2.33. The van der Waals surface area contributed by atoms with E-state index in [4.69, 9.17) is 5.73 Å². The van der Waals surface area contributed by atoms with Gasteiger partial charge in [0.05, 0.1) is 5.75 Å². The van der Waals surface area contributed by atoms with E-state index >= 15 is 0 Å². The highest BCUT2D eigenvalue weighted by Crippen LogP contribution is 2.35. The van der Waals surface area contributed by atoms with Gasteiger partial charge in [-0.1, -0.05) is 26.2 Å². The van der Waals surface area contributed by atoms with E-state index in [2.05, 4.69) is 6.92 Å². The van der Waals surface area contributed by atoms with Crippen molar-refractivity contribution in [1.82, 2.24) is 0 Å². The van der Waals surface area contributed by atoms with Gasteiger partial charge in [0.15, 0.2) is 0 Å². The standard InChI is InChI=1S/C13H27NO2S/c1-3-4-5-12-6-8-13(14,9-7-12)10-11-17(2,15)16/h12H,3-11,14H2,1-2H3. The van der Waals surface area contributed by atoms with Crippen LogP contribution in [-0.4, -0.2) is 26.0 Å². The fraction of sp³-hybridized carbons (Fsp3) is 1.00. The SMILES string of the molecule is CCCCC1CCC(N)(CCS(C)(=O)=O)CC1. The second kappa shape index (κ2) is 6.19. The Morgan fingerprint density at radius 3 is 2.35 bits per heavy atom. The van der Waals surface area contributed by atoms with Crippen molar-refractivity contribution in [1.29, 1.82) is 0 Å². The van der Waals surface area contributed by atoms with E-state index in [0.29, 0.717) is 6.42 Å². The van der Waals surface area contributed by atoms with Crippen molar-refractivity contribution in [2.45, 2.75) is 63.8 Å². The van der Waals surface area contributed by atoms with Gasteiger partial charge in [-0.2, -0.15) is 0 Å². The quantitative estimate of drug-likeness (QED) is 0.799. The Morgan fingerprint density at radius 1 is 1.29 bits per heavy atom. The van der Waals surface area contributed by atoms with Crippen molar-refractivity contribution in [3.63, 3.8) is 0 Å². The van der Waals surface area contributed by atoms with Gasteiger partial charge in [0.1, 0.15) is 9.84 Å². The van der Waals surface area contributed by atoms with Crippen LogP contribution in [0.5, 0.6) is 0 Å². The van der Waals surface area contributed by atoms with Crippen LogP contribution in [0.4, 0.5) is 0 Å². The van der Waals surface area contributed by atoms with Crippen LogP contribution in [0, 0.1) is 5.92 Å². The molecule has 1 saturated carbocycles. The second-order valence-electron chi connectivity index (χ2n) is 5.83. The molecule has 0 saturated heterocycles. The van der Waals surface area contributed by atoms with Gasteiger partial charge in [-0.15, -0.1) is 0 Å². The van der Waals surface area contributed by atoms with Crippen LogP contribution < -0.4 is 5.73 Å². The molecular weight excluding hydrogens is 234 g/mol. The predicted octanol–water partition coefficient (Wildman–Crippen LogP) is 2.50. The average molecular weight is 261 g/mol. The van der Waals surface area contributed by atoms with Crippen LogP contribution in [0.3, 0.4) is 0 Å². The topological polar surface area (TPSA) is 60.2 Å².